The lowest BCUT2D eigenvalue weighted by atomic mass is 10.0. The highest BCUT2D eigenvalue weighted by Crippen LogP contribution is 2.30. The average Bonchev–Trinajstić information content (AvgIpc) is 2.87. The zero-order chi connectivity index (χ0) is 23.0. The van der Waals surface area contributed by atoms with Crippen molar-refractivity contribution < 1.29 is 9.47 Å². The van der Waals surface area contributed by atoms with Crippen LogP contribution in [-0.2, 0) is 6.54 Å². The van der Waals surface area contributed by atoms with Crippen molar-refractivity contribution in [2.24, 2.45) is 4.99 Å². The zero-order valence-corrected chi connectivity index (χ0v) is 19.7. The summed E-state index contributed by atoms with van der Waals surface area (Å²) in [6.45, 7) is 5.42. The lowest BCUT2D eigenvalue weighted by molar-refractivity contribution is 0.393. The van der Waals surface area contributed by atoms with Gasteiger partial charge in [-0.3, -0.25) is 4.98 Å². The number of fused-ring (bicyclic) bond motifs is 1. The third-order valence-electron chi connectivity index (χ3n) is 6.01. The first-order chi connectivity index (χ1) is 16.2. The van der Waals surface area contributed by atoms with Gasteiger partial charge in [-0.25, -0.2) is 4.99 Å². The highest BCUT2D eigenvalue weighted by Gasteiger charge is 2.21. The monoisotopic (exact) mass is 447 g/mol. The third-order valence-corrected chi connectivity index (χ3v) is 6.01. The summed E-state index contributed by atoms with van der Waals surface area (Å²) in [6, 6.07) is 16.7. The smallest absolute Gasteiger partial charge is 0.191 e. The van der Waals surface area contributed by atoms with E-state index in [1.54, 1.807) is 14.2 Å². The van der Waals surface area contributed by atoms with Crippen molar-refractivity contribution in [2.75, 3.05) is 38.8 Å². The minimum absolute atomic E-state index is 0.372. The van der Waals surface area contributed by atoms with Gasteiger partial charge < -0.3 is 25.0 Å². The predicted molar refractivity (Wildman–Crippen MR) is 134 cm³/mol. The van der Waals surface area contributed by atoms with E-state index < -0.39 is 0 Å². The fourth-order valence-corrected chi connectivity index (χ4v) is 4.23. The molecular formula is C26H33N5O2. The molecule has 1 fully saturated rings. The van der Waals surface area contributed by atoms with Crippen molar-refractivity contribution in [1.29, 1.82) is 0 Å². The van der Waals surface area contributed by atoms with Crippen molar-refractivity contribution in [2.45, 2.75) is 32.4 Å². The van der Waals surface area contributed by atoms with E-state index in [0.29, 0.717) is 12.6 Å². The average molecular weight is 448 g/mol. The molecule has 0 unspecified atom stereocenters. The SMILES string of the molecule is CCNC(=NCc1cccc2cccnc12)NC1CCN(c2cc(OC)cc(OC)c2)CC1. The van der Waals surface area contributed by atoms with Gasteiger partial charge in [-0.15, -0.1) is 0 Å². The quantitative estimate of drug-likeness (QED) is 0.422. The number of aromatic nitrogens is 1. The number of aliphatic imine (C=N–C) groups is 1. The Hall–Kier alpha value is -3.48. The number of guanidine groups is 1. The molecule has 2 heterocycles. The third kappa shape index (κ3) is 5.66. The number of hydrogen-bond donors (Lipinski definition) is 2. The van der Waals surface area contributed by atoms with Gasteiger partial charge in [0, 0.05) is 61.1 Å². The van der Waals surface area contributed by atoms with Gasteiger partial charge in [0.2, 0.25) is 0 Å². The fraction of sp³-hybridized carbons (Fsp3) is 0.385. The van der Waals surface area contributed by atoms with Crippen molar-refractivity contribution in [1.82, 2.24) is 15.6 Å². The number of nitrogens with one attached hydrogen (secondary N) is 2. The number of benzene rings is 2. The van der Waals surface area contributed by atoms with E-state index in [1.807, 2.05) is 18.3 Å². The number of ether oxygens (including phenoxy) is 2. The highest BCUT2D eigenvalue weighted by molar-refractivity contribution is 5.83. The van der Waals surface area contributed by atoms with E-state index in [4.69, 9.17) is 14.5 Å². The summed E-state index contributed by atoms with van der Waals surface area (Å²) >= 11 is 0. The Morgan fingerprint density at radius 2 is 1.79 bits per heavy atom. The van der Waals surface area contributed by atoms with Gasteiger partial charge in [0.1, 0.15) is 11.5 Å². The number of para-hydroxylation sites is 1. The lowest BCUT2D eigenvalue weighted by Crippen LogP contribution is -2.48. The molecule has 1 aliphatic heterocycles. The van der Waals surface area contributed by atoms with E-state index >= 15 is 0 Å². The van der Waals surface area contributed by atoms with Crippen molar-refractivity contribution in [3.63, 3.8) is 0 Å². The molecule has 33 heavy (non-hydrogen) atoms. The van der Waals surface area contributed by atoms with Gasteiger partial charge in [-0.05, 0) is 31.4 Å². The van der Waals surface area contributed by atoms with Gasteiger partial charge in [-0.1, -0.05) is 24.3 Å². The normalized spacial score (nSPS) is 14.9. The molecule has 2 N–H and O–H groups in total. The van der Waals surface area contributed by atoms with Crippen LogP contribution in [0.5, 0.6) is 11.5 Å². The summed E-state index contributed by atoms with van der Waals surface area (Å²) in [6.07, 6.45) is 3.89. The first kappa shape index (κ1) is 22.7. The van der Waals surface area contributed by atoms with E-state index in [2.05, 4.69) is 63.8 Å². The molecule has 0 spiro atoms. The van der Waals surface area contributed by atoms with Crippen molar-refractivity contribution in [3.8, 4) is 11.5 Å². The molecule has 0 aliphatic carbocycles. The summed E-state index contributed by atoms with van der Waals surface area (Å²) in [5.74, 6) is 2.48. The number of hydrogen-bond acceptors (Lipinski definition) is 5. The molecule has 174 valence electrons. The maximum atomic E-state index is 5.43. The Kier molecular flexibility index (Phi) is 7.50. The number of piperidine rings is 1. The maximum absolute atomic E-state index is 5.43. The van der Waals surface area contributed by atoms with Crippen LogP contribution in [0.1, 0.15) is 25.3 Å². The van der Waals surface area contributed by atoms with Gasteiger partial charge >= 0.3 is 0 Å². The Bertz CT molecular complexity index is 1070. The summed E-state index contributed by atoms with van der Waals surface area (Å²) in [5.41, 5.74) is 3.28. The molecule has 1 aliphatic rings. The van der Waals surface area contributed by atoms with Crippen LogP contribution in [0, 0.1) is 0 Å². The molecule has 4 rings (SSSR count). The number of nitrogens with zero attached hydrogens (tertiary/aromatic N) is 3. The summed E-state index contributed by atoms with van der Waals surface area (Å²) in [5, 5.41) is 8.17. The molecule has 0 saturated carbocycles. The molecule has 7 heteroatoms. The number of methoxy groups -OCH3 is 2. The predicted octanol–water partition coefficient (Wildman–Crippen LogP) is 3.98. The summed E-state index contributed by atoms with van der Waals surface area (Å²) < 4.78 is 10.9. The molecule has 0 bridgehead atoms. The standard InChI is InChI=1S/C26H33N5O2/c1-4-27-26(29-18-20-8-5-7-19-9-6-12-28-25(19)20)30-21-10-13-31(14-11-21)22-15-23(32-2)17-24(16-22)33-3/h5-9,12,15-17,21H,4,10-11,13-14,18H2,1-3H3,(H2,27,29,30). The van der Waals surface area contributed by atoms with Crippen LogP contribution in [0.15, 0.2) is 59.7 Å². The van der Waals surface area contributed by atoms with Crippen LogP contribution in [0.2, 0.25) is 0 Å². The zero-order valence-electron chi connectivity index (χ0n) is 19.7. The summed E-state index contributed by atoms with van der Waals surface area (Å²) in [4.78, 5) is 11.8. The Morgan fingerprint density at radius 3 is 2.48 bits per heavy atom. The minimum atomic E-state index is 0.372. The molecule has 7 nitrogen and oxygen atoms in total. The molecule has 1 aromatic heterocycles. The molecule has 2 aromatic carbocycles. The van der Waals surface area contributed by atoms with Gasteiger partial charge in [0.15, 0.2) is 5.96 Å². The molecule has 1 saturated heterocycles. The number of pyridine rings is 1. The largest absolute Gasteiger partial charge is 0.497 e. The number of anilines is 1. The second-order valence-electron chi connectivity index (χ2n) is 8.16. The highest BCUT2D eigenvalue weighted by atomic mass is 16.5. The van der Waals surface area contributed by atoms with E-state index in [1.165, 1.54) is 0 Å². The van der Waals surface area contributed by atoms with Gasteiger partial charge in [0.25, 0.3) is 0 Å². The molecule has 0 radical (unpaired) electrons. The Labute approximate surface area is 195 Å². The maximum Gasteiger partial charge on any atom is 0.191 e. The Morgan fingerprint density at radius 1 is 1.06 bits per heavy atom. The Balaban J connectivity index is 1.39. The van der Waals surface area contributed by atoms with E-state index in [0.717, 1.165) is 72.1 Å². The topological polar surface area (TPSA) is 71.0 Å². The first-order valence-electron chi connectivity index (χ1n) is 11.6. The van der Waals surface area contributed by atoms with Crippen LogP contribution in [0.25, 0.3) is 10.9 Å². The molecular weight excluding hydrogens is 414 g/mol. The van der Waals surface area contributed by atoms with Crippen LogP contribution >= 0.6 is 0 Å². The molecule has 0 amide bonds. The van der Waals surface area contributed by atoms with Crippen LogP contribution < -0.4 is 25.0 Å². The second-order valence-corrected chi connectivity index (χ2v) is 8.16. The van der Waals surface area contributed by atoms with Crippen LogP contribution in [0.3, 0.4) is 0 Å². The second kappa shape index (κ2) is 10.9. The van der Waals surface area contributed by atoms with Gasteiger partial charge in [-0.2, -0.15) is 0 Å². The van der Waals surface area contributed by atoms with Crippen LogP contribution in [0.4, 0.5) is 5.69 Å². The van der Waals surface area contributed by atoms with E-state index in [-0.39, 0.29) is 0 Å². The first-order valence-corrected chi connectivity index (χ1v) is 11.6. The molecule has 0 atom stereocenters. The van der Waals surface area contributed by atoms with E-state index in [9.17, 15) is 0 Å². The van der Waals surface area contributed by atoms with Crippen molar-refractivity contribution >= 4 is 22.5 Å². The minimum Gasteiger partial charge on any atom is -0.497 e. The van der Waals surface area contributed by atoms with Crippen LogP contribution in [-0.4, -0.2) is 50.8 Å². The molecule has 3 aromatic rings. The number of rotatable bonds is 7. The lowest BCUT2D eigenvalue weighted by Gasteiger charge is -2.34. The fourth-order valence-electron chi connectivity index (χ4n) is 4.23. The van der Waals surface area contributed by atoms with Crippen molar-refractivity contribution in [3.05, 3.63) is 60.3 Å². The van der Waals surface area contributed by atoms with Gasteiger partial charge in [0.05, 0.1) is 26.3 Å². The summed E-state index contributed by atoms with van der Waals surface area (Å²) in [7, 11) is 3.37.